The van der Waals surface area contributed by atoms with Gasteiger partial charge < -0.3 is 10.6 Å². The predicted octanol–water partition coefficient (Wildman–Crippen LogP) is 2.53. The fraction of sp³-hybridized carbons (Fsp3) is 0.643. The molecule has 0 aromatic carbocycles. The Morgan fingerprint density at radius 1 is 1.32 bits per heavy atom. The van der Waals surface area contributed by atoms with E-state index < -0.39 is 0 Å². The van der Waals surface area contributed by atoms with Crippen molar-refractivity contribution in [3.8, 4) is 0 Å². The van der Waals surface area contributed by atoms with Gasteiger partial charge in [0, 0.05) is 18.3 Å². The van der Waals surface area contributed by atoms with Crippen LogP contribution in [0.2, 0.25) is 0 Å². The van der Waals surface area contributed by atoms with E-state index in [9.17, 15) is 4.79 Å². The van der Waals surface area contributed by atoms with Gasteiger partial charge in [0.1, 0.15) is 5.69 Å². The maximum absolute atomic E-state index is 11.9. The number of rotatable bonds is 7. The van der Waals surface area contributed by atoms with E-state index >= 15 is 0 Å². The first kappa shape index (κ1) is 15.4. The summed E-state index contributed by atoms with van der Waals surface area (Å²) < 4.78 is 0. The number of unbranched alkanes of at least 4 members (excludes halogenated alkanes) is 2. The predicted molar refractivity (Wildman–Crippen MR) is 77.4 cm³/mol. The van der Waals surface area contributed by atoms with Crippen LogP contribution in [-0.4, -0.2) is 28.5 Å². The van der Waals surface area contributed by atoms with Gasteiger partial charge in [-0.1, -0.05) is 19.8 Å². The lowest BCUT2D eigenvalue weighted by molar-refractivity contribution is 0.0938. The normalized spacial score (nSPS) is 10.6. The molecule has 0 aliphatic rings. The summed E-state index contributed by atoms with van der Waals surface area (Å²) in [6, 6.07) is 1.80. The van der Waals surface area contributed by atoms with E-state index in [-0.39, 0.29) is 11.9 Å². The Labute approximate surface area is 115 Å². The molecule has 106 valence electrons. The molecule has 19 heavy (non-hydrogen) atoms. The Kier molecular flexibility index (Phi) is 6.25. The zero-order chi connectivity index (χ0) is 14.3. The van der Waals surface area contributed by atoms with Gasteiger partial charge >= 0.3 is 0 Å². The van der Waals surface area contributed by atoms with Crippen LogP contribution in [0.15, 0.2) is 6.07 Å². The van der Waals surface area contributed by atoms with Crippen molar-refractivity contribution in [1.82, 2.24) is 15.3 Å². The summed E-state index contributed by atoms with van der Waals surface area (Å²) in [5.74, 6) is 0.377. The summed E-state index contributed by atoms with van der Waals surface area (Å²) in [5, 5.41) is 6.00. The number of aryl methyl sites for hydroxylation is 1. The smallest absolute Gasteiger partial charge is 0.270 e. The first-order valence-electron chi connectivity index (χ1n) is 6.93. The van der Waals surface area contributed by atoms with Gasteiger partial charge in [-0.15, -0.1) is 0 Å². The molecule has 0 spiro atoms. The monoisotopic (exact) mass is 264 g/mol. The number of carbonyl (C=O) groups is 1. The number of nitrogens with one attached hydrogen (secondary N) is 2. The van der Waals surface area contributed by atoms with E-state index in [1.807, 2.05) is 20.8 Å². The molecule has 0 bridgehead atoms. The van der Waals surface area contributed by atoms with Gasteiger partial charge in [-0.2, -0.15) is 0 Å². The molecule has 1 heterocycles. The summed E-state index contributed by atoms with van der Waals surface area (Å²) in [6.45, 7) is 8.72. The van der Waals surface area contributed by atoms with Crippen LogP contribution in [0.3, 0.4) is 0 Å². The van der Waals surface area contributed by atoms with E-state index in [1.165, 1.54) is 12.8 Å². The minimum Gasteiger partial charge on any atom is -0.354 e. The van der Waals surface area contributed by atoms with Gasteiger partial charge in [-0.25, -0.2) is 9.97 Å². The number of nitrogens with zero attached hydrogens (tertiary/aromatic N) is 2. The SMILES string of the molecule is CCCCCNc1nc(C)cc(C(=O)NC(C)C)n1. The Morgan fingerprint density at radius 2 is 2.05 bits per heavy atom. The minimum absolute atomic E-state index is 0.101. The average Bonchev–Trinajstić information content (AvgIpc) is 2.33. The quantitative estimate of drug-likeness (QED) is 0.743. The van der Waals surface area contributed by atoms with Crippen LogP contribution >= 0.6 is 0 Å². The third-order valence-electron chi connectivity index (χ3n) is 2.57. The third-order valence-corrected chi connectivity index (χ3v) is 2.57. The zero-order valence-corrected chi connectivity index (χ0v) is 12.3. The summed E-state index contributed by atoms with van der Waals surface area (Å²) in [7, 11) is 0. The van der Waals surface area contributed by atoms with Crippen molar-refractivity contribution in [3.63, 3.8) is 0 Å². The van der Waals surface area contributed by atoms with Crippen LogP contribution < -0.4 is 10.6 Å². The molecular formula is C14H24N4O. The molecule has 2 N–H and O–H groups in total. The van der Waals surface area contributed by atoms with Crippen molar-refractivity contribution in [1.29, 1.82) is 0 Å². The van der Waals surface area contributed by atoms with Crippen LogP contribution in [-0.2, 0) is 0 Å². The molecule has 1 amide bonds. The molecule has 0 atom stereocenters. The maximum atomic E-state index is 11.9. The highest BCUT2D eigenvalue weighted by molar-refractivity contribution is 5.92. The molecule has 0 aliphatic carbocycles. The molecule has 5 heteroatoms. The van der Waals surface area contributed by atoms with Crippen LogP contribution in [0.1, 0.15) is 56.2 Å². The van der Waals surface area contributed by atoms with E-state index in [4.69, 9.17) is 0 Å². The van der Waals surface area contributed by atoms with Crippen molar-refractivity contribution < 1.29 is 4.79 Å². The molecule has 0 saturated carbocycles. The first-order chi connectivity index (χ1) is 9.02. The Morgan fingerprint density at radius 3 is 2.68 bits per heavy atom. The molecule has 0 radical (unpaired) electrons. The fourth-order valence-corrected chi connectivity index (χ4v) is 1.68. The Hall–Kier alpha value is -1.65. The Balaban J connectivity index is 2.68. The van der Waals surface area contributed by atoms with Crippen molar-refractivity contribution >= 4 is 11.9 Å². The zero-order valence-electron chi connectivity index (χ0n) is 12.3. The standard InChI is InChI=1S/C14H24N4O/c1-5-6-7-8-15-14-17-11(4)9-12(18-14)13(19)16-10(2)3/h9-10H,5-8H2,1-4H3,(H,16,19)(H,15,17,18). The van der Waals surface area contributed by atoms with Crippen molar-refractivity contribution in [2.24, 2.45) is 0 Å². The lowest BCUT2D eigenvalue weighted by Gasteiger charge is -2.10. The van der Waals surface area contributed by atoms with Crippen LogP contribution in [0, 0.1) is 6.92 Å². The van der Waals surface area contributed by atoms with Gasteiger partial charge in [0.2, 0.25) is 5.95 Å². The van der Waals surface area contributed by atoms with Gasteiger partial charge in [0.05, 0.1) is 0 Å². The largest absolute Gasteiger partial charge is 0.354 e. The summed E-state index contributed by atoms with van der Waals surface area (Å²) in [4.78, 5) is 20.4. The van der Waals surface area contributed by atoms with Gasteiger partial charge in [-0.3, -0.25) is 4.79 Å². The number of hydrogen-bond donors (Lipinski definition) is 2. The highest BCUT2D eigenvalue weighted by Crippen LogP contribution is 2.06. The highest BCUT2D eigenvalue weighted by atomic mass is 16.1. The molecule has 1 aromatic heterocycles. The summed E-state index contributed by atoms with van der Waals surface area (Å²) in [6.07, 6.45) is 3.44. The molecule has 0 unspecified atom stereocenters. The molecule has 1 aromatic rings. The highest BCUT2D eigenvalue weighted by Gasteiger charge is 2.11. The fourth-order valence-electron chi connectivity index (χ4n) is 1.68. The van der Waals surface area contributed by atoms with Crippen LogP contribution in [0.5, 0.6) is 0 Å². The van der Waals surface area contributed by atoms with Crippen LogP contribution in [0.4, 0.5) is 5.95 Å². The average molecular weight is 264 g/mol. The summed E-state index contributed by atoms with van der Waals surface area (Å²) >= 11 is 0. The molecular weight excluding hydrogens is 240 g/mol. The van der Waals surface area contributed by atoms with E-state index in [2.05, 4.69) is 27.5 Å². The second-order valence-corrected chi connectivity index (χ2v) is 4.98. The third kappa shape index (κ3) is 5.68. The summed E-state index contributed by atoms with van der Waals surface area (Å²) in [5.41, 5.74) is 1.21. The van der Waals surface area contributed by atoms with Crippen LogP contribution in [0.25, 0.3) is 0 Å². The molecule has 0 aliphatic heterocycles. The van der Waals surface area contributed by atoms with E-state index in [0.717, 1.165) is 18.7 Å². The van der Waals surface area contributed by atoms with Crippen molar-refractivity contribution in [2.45, 2.75) is 53.0 Å². The number of hydrogen-bond acceptors (Lipinski definition) is 4. The van der Waals surface area contributed by atoms with Crippen molar-refractivity contribution in [2.75, 3.05) is 11.9 Å². The Bertz CT molecular complexity index is 418. The lowest BCUT2D eigenvalue weighted by Crippen LogP contribution is -2.31. The first-order valence-corrected chi connectivity index (χ1v) is 6.93. The molecule has 0 saturated heterocycles. The molecule has 0 fully saturated rings. The van der Waals surface area contributed by atoms with Gasteiger partial charge in [-0.05, 0) is 33.3 Å². The van der Waals surface area contributed by atoms with E-state index in [0.29, 0.717) is 11.6 Å². The van der Waals surface area contributed by atoms with Crippen molar-refractivity contribution in [3.05, 3.63) is 17.5 Å². The topological polar surface area (TPSA) is 66.9 Å². The second kappa shape index (κ2) is 7.71. The minimum atomic E-state index is -0.155. The molecule has 1 rings (SSSR count). The van der Waals surface area contributed by atoms with Gasteiger partial charge in [0.15, 0.2) is 0 Å². The lowest BCUT2D eigenvalue weighted by atomic mass is 10.2. The number of aromatic nitrogens is 2. The number of anilines is 1. The van der Waals surface area contributed by atoms with Gasteiger partial charge in [0.25, 0.3) is 5.91 Å². The maximum Gasteiger partial charge on any atom is 0.270 e. The second-order valence-electron chi connectivity index (χ2n) is 4.98. The number of carbonyl (C=O) groups excluding carboxylic acids is 1. The molecule has 5 nitrogen and oxygen atoms in total. The van der Waals surface area contributed by atoms with E-state index in [1.54, 1.807) is 6.07 Å². The number of amides is 1.